The topological polar surface area (TPSA) is 134 Å². The SMILES string of the molecule is CC(C)(C)OC(=O)Nc1cscc1NC(=O)c1ccc(CN(CCCN2CCOCC2)C(=O)Nc2ccc3c(c2)CCO3)cn1. The number of morpholine rings is 1. The monoisotopic (exact) mass is 636 g/mol. The van der Waals surface area contributed by atoms with Crippen molar-refractivity contribution in [1.29, 1.82) is 0 Å². The van der Waals surface area contributed by atoms with Crippen LogP contribution in [0.5, 0.6) is 5.75 Å². The van der Waals surface area contributed by atoms with Crippen molar-refractivity contribution in [2.75, 3.05) is 62.0 Å². The van der Waals surface area contributed by atoms with E-state index in [1.807, 2.05) is 18.2 Å². The second-order valence-electron chi connectivity index (χ2n) is 11.9. The molecule has 0 aliphatic carbocycles. The van der Waals surface area contributed by atoms with E-state index in [9.17, 15) is 14.4 Å². The lowest BCUT2D eigenvalue weighted by molar-refractivity contribution is 0.0365. The van der Waals surface area contributed by atoms with Crippen LogP contribution in [0.1, 0.15) is 48.8 Å². The summed E-state index contributed by atoms with van der Waals surface area (Å²) in [6, 6.07) is 8.92. The van der Waals surface area contributed by atoms with E-state index in [4.69, 9.17) is 14.2 Å². The first-order chi connectivity index (χ1) is 21.6. The van der Waals surface area contributed by atoms with Crippen LogP contribution in [0, 0.1) is 0 Å². The van der Waals surface area contributed by atoms with Crippen LogP contribution in [0.4, 0.5) is 26.7 Å². The smallest absolute Gasteiger partial charge is 0.412 e. The quantitative estimate of drug-likeness (QED) is 0.268. The van der Waals surface area contributed by atoms with E-state index < -0.39 is 17.6 Å². The Morgan fingerprint density at radius 3 is 2.53 bits per heavy atom. The van der Waals surface area contributed by atoms with Gasteiger partial charge in [0.25, 0.3) is 5.91 Å². The largest absolute Gasteiger partial charge is 0.493 e. The summed E-state index contributed by atoms with van der Waals surface area (Å²) in [6.45, 7) is 11.0. The molecule has 0 bridgehead atoms. The third-order valence-electron chi connectivity index (χ3n) is 7.21. The van der Waals surface area contributed by atoms with E-state index in [-0.39, 0.29) is 11.7 Å². The van der Waals surface area contributed by atoms with Gasteiger partial charge in [-0.05, 0) is 62.6 Å². The third kappa shape index (κ3) is 9.40. The number of hydrogen-bond donors (Lipinski definition) is 3. The predicted molar refractivity (Wildman–Crippen MR) is 173 cm³/mol. The van der Waals surface area contributed by atoms with Crippen molar-refractivity contribution in [2.24, 2.45) is 0 Å². The molecule has 3 N–H and O–H groups in total. The molecule has 0 radical (unpaired) electrons. The molecular formula is C32H40N6O6S. The van der Waals surface area contributed by atoms with Gasteiger partial charge in [-0.3, -0.25) is 20.0 Å². The zero-order chi connectivity index (χ0) is 31.8. The Labute approximate surface area is 267 Å². The van der Waals surface area contributed by atoms with Gasteiger partial charge in [0.2, 0.25) is 0 Å². The average molecular weight is 637 g/mol. The highest BCUT2D eigenvalue weighted by Gasteiger charge is 2.21. The fourth-order valence-electron chi connectivity index (χ4n) is 4.99. The van der Waals surface area contributed by atoms with Gasteiger partial charge in [-0.2, -0.15) is 0 Å². The fourth-order valence-corrected chi connectivity index (χ4v) is 5.70. The van der Waals surface area contributed by atoms with Gasteiger partial charge in [0.05, 0.1) is 31.2 Å². The highest BCUT2D eigenvalue weighted by molar-refractivity contribution is 7.09. The summed E-state index contributed by atoms with van der Waals surface area (Å²) >= 11 is 1.33. The van der Waals surface area contributed by atoms with Gasteiger partial charge < -0.3 is 29.7 Å². The summed E-state index contributed by atoms with van der Waals surface area (Å²) in [5, 5.41) is 11.9. The summed E-state index contributed by atoms with van der Waals surface area (Å²) in [4.78, 5) is 47.1. The van der Waals surface area contributed by atoms with Crippen LogP contribution < -0.4 is 20.7 Å². The number of fused-ring (bicyclic) bond motifs is 1. The van der Waals surface area contributed by atoms with Crippen LogP contribution >= 0.6 is 11.3 Å². The maximum Gasteiger partial charge on any atom is 0.412 e. The van der Waals surface area contributed by atoms with Gasteiger partial charge in [0, 0.05) is 61.8 Å². The molecule has 13 heteroatoms. The van der Waals surface area contributed by atoms with Crippen molar-refractivity contribution in [3.63, 3.8) is 0 Å². The molecule has 4 heterocycles. The summed E-state index contributed by atoms with van der Waals surface area (Å²) in [7, 11) is 0. The number of ether oxygens (including phenoxy) is 3. The molecular weight excluding hydrogens is 596 g/mol. The van der Waals surface area contributed by atoms with E-state index in [1.54, 1.807) is 54.8 Å². The minimum Gasteiger partial charge on any atom is -0.493 e. The summed E-state index contributed by atoms with van der Waals surface area (Å²) < 4.78 is 16.4. The molecule has 5 rings (SSSR count). The molecule has 3 aromatic rings. The molecule has 1 saturated heterocycles. The van der Waals surface area contributed by atoms with Crippen molar-refractivity contribution in [3.05, 3.63) is 64.1 Å². The lowest BCUT2D eigenvalue weighted by Gasteiger charge is -2.28. The second kappa shape index (κ2) is 14.7. The molecule has 4 amide bonds. The maximum absolute atomic E-state index is 13.5. The number of benzene rings is 1. The molecule has 240 valence electrons. The minimum atomic E-state index is -0.648. The van der Waals surface area contributed by atoms with Gasteiger partial charge in [-0.25, -0.2) is 9.59 Å². The predicted octanol–water partition coefficient (Wildman–Crippen LogP) is 5.43. The molecule has 0 saturated carbocycles. The molecule has 2 aromatic heterocycles. The Morgan fingerprint density at radius 2 is 1.80 bits per heavy atom. The number of nitrogens with zero attached hydrogens (tertiary/aromatic N) is 3. The number of thiophene rings is 1. The minimum absolute atomic E-state index is 0.205. The second-order valence-corrected chi connectivity index (χ2v) is 12.7. The highest BCUT2D eigenvalue weighted by Crippen LogP contribution is 2.29. The molecule has 12 nitrogen and oxygen atoms in total. The summed E-state index contributed by atoms with van der Waals surface area (Å²) in [5.41, 5.74) is 3.04. The van der Waals surface area contributed by atoms with Crippen LogP contribution in [0.2, 0.25) is 0 Å². The molecule has 0 spiro atoms. The molecule has 45 heavy (non-hydrogen) atoms. The standard InChI is InChI=1S/C32H40N6O6S/c1-32(2,3)44-31(41)36-27-21-45-20-26(27)35-29(39)25-7-5-22(18-33-25)19-38(11-4-10-37-12-15-42-16-13-37)30(40)34-24-6-8-28-23(17-24)9-14-43-28/h5-8,17-18,20-21H,4,9-16,19H2,1-3H3,(H,34,40)(H,35,39)(H,36,41). The van der Waals surface area contributed by atoms with E-state index in [2.05, 4.69) is 25.8 Å². The number of pyridine rings is 1. The van der Waals surface area contributed by atoms with Crippen LogP contribution in [0.15, 0.2) is 47.3 Å². The number of carbonyl (C=O) groups is 3. The van der Waals surface area contributed by atoms with Gasteiger partial charge in [-0.1, -0.05) is 6.07 Å². The Hall–Kier alpha value is -4.20. The number of aromatic nitrogens is 1. The molecule has 2 aliphatic rings. The highest BCUT2D eigenvalue weighted by atomic mass is 32.1. The first-order valence-corrected chi connectivity index (χ1v) is 16.0. The van der Waals surface area contributed by atoms with E-state index >= 15 is 0 Å². The number of hydrogen-bond acceptors (Lipinski definition) is 9. The number of rotatable bonds is 10. The molecule has 1 aromatic carbocycles. The van der Waals surface area contributed by atoms with Crippen molar-refractivity contribution in [1.82, 2.24) is 14.8 Å². The van der Waals surface area contributed by atoms with Crippen LogP contribution in [0.3, 0.4) is 0 Å². The Bertz CT molecular complexity index is 1480. The van der Waals surface area contributed by atoms with Gasteiger partial charge in [0.15, 0.2) is 0 Å². The van der Waals surface area contributed by atoms with E-state index in [1.165, 1.54) is 11.3 Å². The maximum atomic E-state index is 13.5. The van der Waals surface area contributed by atoms with Crippen molar-refractivity contribution in [3.8, 4) is 5.75 Å². The number of nitrogens with one attached hydrogen (secondary N) is 3. The Morgan fingerprint density at radius 1 is 1.02 bits per heavy atom. The zero-order valence-electron chi connectivity index (χ0n) is 25.9. The van der Waals surface area contributed by atoms with Gasteiger partial charge in [0.1, 0.15) is 17.0 Å². The number of amides is 4. The first-order valence-electron chi connectivity index (χ1n) is 15.1. The number of carbonyl (C=O) groups excluding carboxylic acids is 3. The first kappa shape index (κ1) is 32.2. The lowest BCUT2D eigenvalue weighted by Crippen LogP contribution is -2.40. The van der Waals surface area contributed by atoms with Crippen LogP contribution in [-0.4, -0.2) is 84.4 Å². The number of urea groups is 1. The summed E-state index contributed by atoms with van der Waals surface area (Å²) in [5.74, 6) is 0.438. The zero-order valence-corrected chi connectivity index (χ0v) is 26.7. The summed E-state index contributed by atoms with van der Waals surface area (Å²) in [6.07, 6.45) is 2.63. The molecule has 2 aliphatic heterocycles. The molecule has 1 fully saturated rings. The van der Waals surface area contributed by atoms with Gasteiger partial charge in [-0.15, -0.1) is 11.3 Å². The fraction of sp³-hybridized carbons (Fsp3) is 0.438. The van der Waals surface area contributed by atoms with Crippen molar-refractivity contribution in [2.45, 2.75) is 45.8 Å². The third-order valence-corrected chi connectivity index (χ3v) is 7.95. The molecule has 0 unspecified atom stereocenters. The van der Waals surface area contributed by atoms with Crippen LogP contribution in [0.25, 0.3) is 0 Å². The van der Waals surface area contributed by atoms with Crippen molar-refractivity contribution >= 4 is 46.4 Å². The average Bonchev–Trinajstić information content (AvgIpc) is 3.65. The van der Waals surface area contributed by atoms with E-state index in [0.717, 1.165) is 68.3 Å². The normalized spacial score (nSPS) is 14.6. The van der Waals surface area contributed by atoms with E-state index in [0.29, 0.717) is 31.1 Å². The van der Waals surface area contributed by atoms with Crippen LogP contribution in [-0.2, 0) is 22.4 Å². The van der Waals surface area contributed by atoms with Crippen molar-refractivity contribution < 1.29 is 28.6 Å². The molecule has 0 atom stereocenters. The Kier molecular flexibility index (Phi) is 10.5. The Balaban J connectivity index is 1.21. The van der Waals surface area contributed by atoms with Gasteiger partial charge >= 0.3 is 12.1 Å². The number of anilines is 3. The lowest BCUT2D eigenvalue weighted by atomic mass is 10.1.